The summed E-state index contributed by atoms with van der Waals surface area (Å²) in [7, 11) is 1.42. The number of carbonyl (C=O) groups is 1. The van der Waals surface area contributed by atoms with E-state index in [1.54, 1.807) is 6.07 Å². The van der Waals surface area contributed by atoms with E-state index in [1.165, 1.54) is 25.7 Å². The lowest BCUT2D eigenvalue weighted by Crippen LogP contribution is -2.40. The van der Waals surface area contributed by atoms with E-state index in [2.05, 4.69) is 5.32 Å². The average molecular weight is 314 g/mol. The molecule has 0 aliphatic heterocycles. The molecule has 0 spiro atoms. The van der Waals surface area contributed by atoms with Gasteiger partial charge in [-0.3, -0.25) is 4.79 Å². The Morgan fingerprint density at radius 2 is 2.10 bits per heavy atom. The summed E-state index contributed by atoms with van der Waals surface area (Å²) in [5.74, 6) is -0.256. The molecule has 0 saturated heterocycles. The fraction of sp³-hybridized carbons (Fsp3) is 0.562. The molecule has 1 amide bonds. The molecule has 1 aromatic carbocycles. The predicted molar refractivity (Wildman–Crippen MR) is 81.5 cm³/mol. The van der Waals surface area contributed by atoms with Crippen LogP contribution < -0.4 is 10.1 Å². The minimum atomic E-state index is -0.574. The van der Waals surface area contributed by atoms with Crippen molar-refractivity contribution in [2.75, 3.05) is 19.5 Å². The first-order valence-corrected chi connectivity index (χ1v) is 7.82. The molecule has 1 saturated carbocycles. The Morgan fingerprint density at radius 1 is 1.38 bits per heavy atom. The first-order chi connectivity index (χ1) is 10.1. The van der Waals surface area contributed by atoms with E-state index in [0.717, 1.165) is 25.7 Å². The summed E-state index contributed by atoms with van der Waals surface area (Å²) < 4.78 is 18.9. The third-order valence-corrected chi connectivity index (χ3v) is 4.81. The highest BCUT2D eigenvalue weighted by atomic mass is 35.5. The number of benzene rings is 1. The molecule has 1 N–H and O–H groups in total. The van der Waals surface area contributed by atoms with Crippen LogP contribution in [0.4, 0.5) is 4.39 Å². The minimum absolute atomic E-state index is 0.0412. The van der Waals surface area contributed by atoms with E-state index in [1.807, 2.05) is 0 Å². The van der Waals surface area contributed by atoms with Crippen molar-refractivity contribution in [2.24, 2.45) is 5.41 Å². The Labute approximate surface area is 129 Å². The topological polar surface area (TPSA) is 38.3 Å². The van der Waals surface area contributed by atoms with E-state index in [9.17, 15) is 9.18 Å². The normalized spacial score (nSPS) is 17.3. The van der Waals surface area contributed by atoms with Gasteiger partial charge in [-0.05, 0) is 25.0 Å². The van der Waals surface area contributed by atoms with E-state index < -0.39 is 11.7 Å². The van der Waals surface area contributed by atoms with Gasteiger partial charge in [0.25, 0.3) is 5.91 Å². The molecular formula is C16H21ClFNO2. The summed E-state index contributed by atoms with van der Waals surface area (Å²) in [6, 6.07) is 4.36. The maximum absolute atomic E-state index is 13.9. The third-order valence-electron chi connectivity index (χ3n) is 4.24. The van der Waals surface area contributed by atoms with E-state index in [4.69, 9.17) is 16.3 Å². The van der Waals surface area contributed by atoms with Crippen LogP contribution in [0.3, 0.4) is 0 Å². The van der Waals surface area contributed by atoms with Gasteiger partial charge in [0, 0.05) is 17.8 Å². The molecule has 0 atom stereocenters. The summed E-state index contributed by atoms with van der Waals surface area (Å²) in [6.07, 6.45) is 5.49. The number of ether oxygens (including phenoxy) is 1. The predicted octanol–water partition coefficient (Wildman–Crippen LogP) is 3.75. The molecule has 0 heterocycles. The molecule has 5 heteroatoms. The van der Waals surface area contributed by atoms with E-state index in [-0.39, 0.29) is 16.7 Å². The van der Waals surface area contributed by atoms with Gasteiger partial charge in [0.2, 0.25) is 0 Å². The number of rotatable bonds is 5. The van der Waals surface area contributed by atoms with Crippen molar-refractivity contribution in [3.05, 3.63) is 29.6 Å². The Morgan fingerprint density at radius 3 is 2.71 bits per heavy atom. The second-order valence-corrected chi connectivity index (χ2v) is 5.96. The Hall–Kier alpha value is -1.29. The maximum atomic E-state index is 13.9. The average Bonchev–Trinajstić information content (AvgIpc) is 2.53. The smallest absolute Gasteiger partial charge is 0.258 e. The standard InChI is InChI=1S/C16H21ClFNO2/c1-21-13-7-5-6-12(18)14(13)15(20)19-11-16(10-17)8-3-2-4-9-16/h5-7H,2-4,8-11H2,1H3,(H,19,20). The van der Waals surface area contributed by atoms with Crippen molar-refractivity contribution in [3.8, 4) is 5.75 Å². The van der Waals surface area contributed by atoms with Crippen LogP contribution in [0.1, 0.15) is 42.5 Å². The van der Waals surface area contributed by atoms with Gasteiger partial charge in [-0.15, -0.1) is 11.6 Å². The molecule has 1 aliphatic carbocycles. The highest BCUT2D eigenvalue weighted by Crippen LogP contribution is 2.37. The quantitative estimate of drug-likeness (QED) is 0.841. The summed E-state index contributed by atoms with van der Waals surface area (Å²) in [5.41, 5.74) is -0.103. The number of nitrogens with one attached hydrogen (secondary N) is 1. The van der Waals surface area contributed by atoms with Crippen LogP contribution in [0.15, 0.2) is 18.2 Å². The monoisotopic (exact) mass is 313 g/mol. The molecule has 0 radical (unpaired) electrons. The van der Waals surface area contributed by atoms with Crippen molar-refractivity contribution < 1.29 is 13.9 Å². The van der Waals surface area contributed by atoms with Gasteiger partial charge in [-0.2, -0.15) is 0 Å². The highest BCUT2D eigenvalue weighted by Gasteiger charge is 2.32. The third kappa shape index (κ3) is 3.67. The molecule has 2 rings (SSSR count). The van der Waals surface area contributed by atoms with Gasteiger partial charge in [-0.1, -0.05) is 25.3 Å². The highest BCUT2D eigenvalue weighted by molar-refractivity contribution is 6.18. The van der Waals surface area contributed by atoms with Gasteiger partial charge in [0.1, 0.15) is 17.1 Å². The zero-order valence-corrected chi connectivity index (χ0v) is 13.0. The fourth-order valence-electron chi connectivity index (χ4n) is 2.91. The molecule has 21 heavy (non-hydrogen) atoms. The van der Waals surface area contributed by atoms with Crippen LogP contribution in [0.5, 0.6) is 5.75 Å². The Balaban J connectivity index is 2.08. The van der Waals surface area contributed by atoms with Crippen molar-refractivity contribution >= 4 is 17.5 Å². The van der Waals surface area contributed by atoms with Crippen LogP contribution in [-0.2, 0) is 0 Å². The van der Waals surface area contributed by atoms with Crippen LogP contribution in [-0.4, -0.2) is 25.4 Å². The summed E-state index contributed by atoms with van der Waals surface area (Å²) >= 11 is 6.11. The molecule has 0 unspecified atom stereocenters. The zero-order chi connectivity index (χ0) is 15.3. The van der Waals surface area contributed by atoms with E-state index in [0.29, 0.717) is 12.4 Å². The van der Waals surface area contributed by atoms with Crippen LogP contribution in [0, 0.1) is 11.2 Å². The number of hydrogen-bond donors (Lipinski definition) is 1. The van der Waals surface area contributed by atoms with Gasteiger partial charge >= 0.3 is 0 Å². The van der Waals surface area contributed by atoms with Crippen LogP contribution in [0.25, 0.3) is 0 Å². The van der Waals surface area contributed by atoms with Crippen molar-refractivity contribution in [1.82, 2.24) is 5.32 Å². The number of alkyl halides is 1. The maximum Gasteiger partial charge on any atom is 0.258 e. The molecule has 3 nitrogen and oxygen atoms in total. The van der Waals surface area contributed by atoms with Crippen LogP contribution in [0.2, 0.25) is 0 Å². The number of amides is 1. The molecule has 1 fully saturated rings. The summed E-state index contributed by atoms with van der Waals surface area (Å²) in [5, 5.41) is 2.83. The molecule has 0 bridgehead atoms. The number of methoxy groups -OCH3 is 1. The summed E-state index contributed by atoms with van der Waals surface area (Å²) in [6.45, 7) is 0.479. The fourth-order valence-corrected chi connectivity index (χ4v) is 3.27. The number of hydrogen-bond acceptors (Lipinski definition) is 2. The molecule has 1 aromatic rings. The molecular weight excluding hydrogens is 293 g/mol. The first kappa shape index (κ1) is 16.1. The summed E-state index contributed by atoms with van der Waals surface area (Å²) in [4.78, 5) is 12.3. The largest absolute Gasteiger partial charge is 0.496 e. The lowest BCUT2D eigenvalue weighted by Gasteiger charge is -2.35. The lowest BCUT2D eigenvalue weighted by atomic mass is 9.75. The van der Waals surface area contributed by atoms with Gasteiger partial charge in [0.15, 0.2) is 0 Å². The molecule has 1 aliphatic rings. The van der Waals surface area contributed by atoms with Gasteiger partial charge in [-0.25, -0.2) is 4.39 Å². The molecule has 0 aromatic heterocycles. The number of carbonyl (C=O) groups excluding carboxylic acids is 1. The van der Waals surface area contributed by atoms with Crippen LogP contribution >= 0.6 is 11.6 Å². The first-order valence-electron chi connectivity index (χ1n) is 7.28. The Kier molecular flexibility index (Phi) is 5.45. The van der Waals surface area contributed by atoms with Crippen molar-refractivity contribution in [1.29, 1.82) is 0 Å². The van der Waals surface area contributed by atoms with Crippen molar-refractivity contribution in [3.63, 3.8) is 0 Å². The Bertz CT molecular complexity index is 501. The van der Waals surface area contributed by atoms with Gasteiger partial charge < -0.3 is 10.1 Å². The molecule has 116 valence electrons. The van der Waals surface area contributed by atoms with Gasteiger partial charge in [0.05, 0.1) is 7.11 Å². The number of halogens is 2. The second kappa shape index (κ2) is 7.12. The zero-order valence-electron chi connectivity index (χ0n) is 12.3. The van der Waals surface area contributed by atoms with Crippen molar-refractivity contribution in [2.45, 2.75) is 32.1 Å². The van der Waals surface area contributed by atoms with E-state index >= 15 is 0 Å². The minimum Gasteiger partial charge on any atom is -0.496 e. The lowest BCUT2D eigenvalue weighted by molar-refractivity contribution is 0.0913. The SMILES string of the molecule is COc1cccc(F)c1C(=O)NCC1(CCl)CCCCC1. The second-order valence-electron chi connectivity index (χ2n) is 5.69.